The lowest BCUT2D eigenvalue weighted by molar-refractivity contribution is -0.870. The second-order valence-electron chi connectivity index (χ2n) is 15.5. The van der Waals surface area contributed by atoms with Crippen molar-refractivity contribution in [2.75, 3.05) is 47.5 Å². The highest BCUT2D eigenvalue weighted by Gasteiger charge is 2.21. The Kier molecular flexibility index (Phi) is 35.4. The van der Waals surface area contributed by atoms with Crippen molar-refractivity contribution in [3.8, 4) is 0 Å². The molecular formula is C45H80NO9P. The van der Waals surface area contributed by atoms with Crippen molar-refractivity contribution in [2.45, 2.75) is 167 Å². The number of rotatable bonds is 38. The average Bonchev–Trinajstić information content (AvgIpc) is 3.14. The number of quaternary nitrogens is 1. The quantitative estimate of drug-likeness (QED) is 0.0162. The van der Waals surface area contributed by atoms with Crippen molar-refractivity contribution >= 4 is 19.8 Å². The number of aliphatic hydroxyl groups excluding tert-OH is 1. The fourth-order valence-corrected chi connectivity index (χ4v) is 6.21. The number of phosphoric acid groups is 1. The molecule has 0 amide bonds. The number of esters is 2. The van der Waals surface area contributed by atoms with Gasteiger partial charge < -0.3 is 33.0 Å². The number of allylic oxidation sites excluding steroid dienone is 8. The smallest absolute Gasteiger partial charge is 0.306 e. The van der Waals surface area contributed by atoms with Crippen molar-refractivity contribution in [1.82, 2.24) is 0 Å². The molecule has 2 unspecified atom stereocenters. The summed E-state index contributed by atoms with van der Waals surface area (Å²) in [5.74, 6) is -0.943. The van der Waals surface area contributed by atoms with Crippen molar-refractivity contribution in [1.29, 1.82) is 0 Å². The Morgan fingerprint density at radius 1 is 0.679 bits per heavy atom. The lowest BCUT2D eigenvalue weighted by Crippen LogP contribution is -2.37. The Hall–Kier alpha value is -2.33. The molecule has 0 rings (SSSR count). The lowest BCUT2D eigenvalue weighted by Gasteiger charge is -2.28. The monoisotopic (exact) mass is 810 g/mol. The van der Waals surface area contributed by atoms with Crippen LogP contribution in [0.3, 0.4) is 0 Å². The average molecular weight is 810 g/mol. The number of phosphoric ester groups is 1. The minimum atomic E-state index is -4.65. The van der Waals surface area contributed by atoms with Crippen LogP contribution in [0.25, 0.3) is 0 Å². The van der Waals surface area contributed by atoms with Crippen LogP contribution in [0.1, 0.15) is 155 Å². The highest BCUT2D eigenvalue weighted by Crippen LogP contribution is 2.38. The zero-order chi connectivity index (χ0) is 41.6. The van der Waals surface area contributed by atoms with Crippen molar-refractivity contribution < 1.29 is 47.2 Å². The molecule has 0 heterocycles. The van der Waals surface area contributed by atoms with Crippen LogP contribution in [0.15, 0.2) is 60.8 Å². The molecule has 0 aliphatic heterocycles. The van der Waals surface area contributed by atoms with Crippen LogP contribution < -0.4 is 4.89 Å². The molecule has 0 aliphatic carbocycles. The molecule has 1 N–H and O–H groups in total. The zero-order valence-corrected chi connectivity index (χ0v) is 36.8. The number of likely N-dealkylation sites (N-methyl/N-ethyl adjacent to an activating group) is 1. The summed E-state index contributed by atoms with van der Waals surface area (Å²) < 4.78 is 33.8. The Labute approximate surface area is 341 Å². The molecule has 0 radical (unpaired) electrons. The first-order chi connectivity index (χ1) is 26.9. The molecule has 0 aromatic carbocycles. The number of carbonyl (C=O) groups excluding carboxylic acids is 2. The Morgan fingerprint density at radius 3 is 1.88 bits per heavy atom. The van der Waals surface area contributed by atoms with E-state index in [0.29, 0.717) is 36.7 Å². The molecule has 56 heavy (non-hydrogen) atoms. The van der Waals surface area contributed by atoms with E-state index in [9.17, 15) is 24.2 Å². The Balaban J connectivity index is 4.53. The molecule has 324 valence electrons. The summed E-state index contributed by atoms with van der Waals surface area (Å²) in [5, 5.41) is 10.0. The number of carbonyl (C=O) groups is 2. The predicted octanol–water partition coefficient (Wildman–Crippen LogP) is 10.4. The third-order valence-corrected chi connectivity index (χ3v) is 9.85. The van der Waals surface area contributed by atoms with Crippen LogP contribution in [-0.2, 0) is 32.7 Å². The lowest BCUT2D eigenvalue weighted by atomic mass is 10.0. The molecule has 3 atom stereocenters. The van der Waals surface area contributed by atoms with Gasteiger partial charge in [-0.25, -0.2) is 0 Å². The third kappa shape index (κ3) is 39.9. The summed E-state index contributed by atoms with van der Waals surface area (Å²) in [7, 11) is 1.10. The van der Waals surface area contributed by atoms with E-state index in [2.05, 4.69) is 32.1 Å². The van der Waals surface area contributed by atoms with Gasteiger partial charge in [-0.3, -0.25) is 14.2 Å². The second-order valence-corrected chi connectivity index (χ2v) is 16.9. The van der Waals surface area contributed by atoms with Gasteiger partial charge in [0.05, 0.1) is 33.9 Å². The molecule has 0 spiro atoms. The van der Waals surface area contributed by atoms with E-state index in [0.717, 1.165) is 38.5 Å². The van der Waals surface area contributed by atoms with E-state index < -0.39 is 38.6 Å². The predicted molar refractivity (Wildman–Crippen MR) is 228 cm³/mol. The van der Waals surface area contributed by atoms with Gasteiger partial charge in [-0.05, 0) is 44.9 Å². The van der Waals surface area contributed by atoms with Crippen molar-refractivity contribution in [3.63, 3.8) is 0 Å². The van der Waals surface area contributed by atoms with Gasteiger partial charge in [-0.1, -0.05) is 158 Å². The van der Waals surface area contributed by atoms with Crippen LogP contribution in [0, 0.1) is 0 Å². The maximum atomic E-state index is 12.7. The number of ether oxygens (including phenoxy) is 2. The molecule has 0 aromatic heterocycles. The fourth-order valence-electron chi connectivity index (χ4n) is 5.48. The van der Waals surface area contributed by atoms with Gasteiger partial charge in [-0.15, -0.1) is 0 Å². The van der Waals surface area contributed by atoms with Crippen LogP contribution in [0.5, 0.6) is 0 Å². The summed E-state index contributed by atoms with van der Waals surface area (Å²) in [6, 6.07) is 0. The number of hydrogen-bond acceptors (Lipinski definition) is 9. The van der Waals surface area contributed by atoms with E-state index in [1.54, 1.807) is 6.08 Å². The topological polar surface area (TPSA) is 131 Å². The molecule has 0 saturated heterocycles. The van der Waals surface area contributed by atoms with E-state index in [1.807, 2.05) is 57.6 Å². The van der Waals surface area contributed by atoms with Gasteiger partial charge in [0.25, 0.3) is 7.82 Å². The van der Waals surface area contributed by atoms with Crippen LogP contribution in [0.2, 0.25) is 0 Å². The summed E-state index contributed by atoms with van der Waals surface area (Å²) in [5.41, 5.74) is 0. The maximum absolute atomic E-state index is 12.7. The molecule has 11 heteroatoms. The zero-order valence-electron chi connectivity index (χ0n) is 35.9. The number of hydrogen-bond donors (Lipinski definition) is 1. The first kappa shape index (κ1) is 53.7. The summed E-state index contributed by atoms with van der Waals surface area (Å²) in [4.78, 5) is 37.5. The Morgan fingerprint density at radius 2 is 1.25 bits per heavy atom. The van der Waals surface area contributed by atoms with Crippen LogP contribution >= 0.6 is 7.82 Å². The summed E-state index contributed by atoms with van der Waals surface area (Å²) in [6.07, 6.45) is 40.0. The highest BCUT2D eigenvalue weighted by atomic mass is 31.2. The summed E-state index contributed by atoms with van der Waals surface area (Å²) in [6.45, 7) is 3.94. The van der Waals surface area contributed by atoms with Crippen LogP contribution in [0.4, 0.5) is 0 Å². The van der Waals surface area contributed by atoms with Gasteiger partial charge in [0.1, 0.15) is 19.8 Å². The number of aliphatic hydroxyl groups is 1. The van der Waals surface area contributed by atoms with Gasteiger partial charge in [-0.2, -0.15) is 0 Å². The fraction of sp³-hybridized carbons (Fsp3) is 0.733. The molecule has 0 aromatic rings. The van der Waals surface area contributed by atoms with Gasteiger partial charge in [0.15, 0.2) is 6.10 Å². The largest absolute Gasteiger partial charge is 0.756 e. The van der Waals surface area contributed by atoms with E-state index in [1.165, 1.54) is 64.2 Å². The molecular weight excluding hydrogens is 729 g/mol. The Bertz CT molecular complexity index is 1160. The van der Waals surface area contributed by atoms with Gasteiger partial charge in [0, 0.05) is 12.8 Å². The standard InChI is InChI=1S/C45H80NO9P/c1-6-8-10-12-14-15-16-17-18-19-20-25-29-33-37-45(49)55-43(41-54-56(50,51)53-39-38-46(3,4)5)40-52-44(48)36-32-28-24-22-21-23-27-31-35-42(47)34-30-26-13-11-9-7-2/h9,11,22-24,26-27,30-31,35,42-43,47H,6-8,10,12-21,25,28-29,32-34,36-41H2,1-5H3/b11-9-,24-22-,27-23-,30-26-,35-31+/t42?,43-/m1/s1. The molecule has 10 nitrogen and oxygen atoms in total. The van der Waals surface area contributed by atoms with Crippen molar-refractivity contribution in [2.24, 2.45) is 0 Å². The SMILES string of the molecule is CC/C=C\C/C=C\CC(O)/C=C/C=C\C/C=C\CCCC(=O)OC[C@H](COP(=O)([O-])OCC[N+](C)(C)C)OC(=O)CCCCCCCCCCCCCCCC. The normalized spacial score (nSPS) is 14.8. The number of unbranched alkanes of at least 4 members (excludes halogenated alkanes) is 14. The van der Waals surface area contributed by atoms with Gasteiger partial charge in [0.2, 0.25) is 0 Å². The highest BCUT2D eigenvalue weighted by molar-refractivity contribution is 7.45. The number of nitrogens with zero attached hydrogens (tertiary/aromatic N) is 1. The molecule has 0 saturated carbocycles. The van der Waals surface area contributed by atoms with E-state index >= 15 is 0 Å². The van der Waals surface area contributed by atoms with E-state index in [-0.39, 0.29) is 26.1 Å². The van der Waals surface area contributed by atoms with Gasteiger partial charge >= 0.3 is 11.9 Å². The minimum Gasteiger partial charge on any atom is -0.756 e. The summed E-state index contributed by atoms with van der Waals surface area (Å²) >= 11 is 0. The first-order valence-corrected chi connectivity index (χ1v) is 23.1. The van der Waals surface area contributed by atoms with Crippen LogP contribution in [-0.4, -0.2) is 81.2 Å². The minimum absolute atomic E-state index is 0.0510. The first-order valence-electron chi connectivity index (χ1n) is 21.6. The third-order valence-electron chi connectivity index (χ3n) is 8.88. The van der Waals surface area contributed by atoms with Crippen molar-refractivity contribution in [3.05, 3.63) is 60.8 Å². The molecule has 0 fully saturated rings. The molecule has 0 aliphatic rings. The second kappa shape index (κ2) is 37.0. The molecule has 0 bridgehead atoms. The van der Waals surface area contributed by atoms with E-state index in [4.69, 9.17) is 18.5 Å². The maximum Gasteiger partial charge on any atom is 0.306 e.